The predicted octanol–water partition coefficient (Wildman–Crippen LogP) is 3.66. The Bertz CT molecular complexity index is 1210. The second-order valence-corrected chi connectivity index (χ2v) is 6.68. The minimum atomic E-state index is -0.612. The molecule has 0 saturated heterocycles. The van der Waals surface area contributed by atoms with Gasteiger partial charge in [-0.3, -0.25) is 14.2 Å². The van der Waals surface area contributed by atoms with Gasteiger partial charge in [0.2, 0.25) is 11.7 Å². The smallest absolute Gasteiger partial charge is 0.271 e. The predicted molar refractivity (Wildman–Crippen MR) is 101 cm³/mol. The summed E-state index contributed by atoms with van der Waals surface area (Å²) in [6.45, 7) is 9.00. The van der Waals surface area contributed by atoms with Gasteiger partial charge < -0.3 is 9.52 Å². The van der Waals surface area contributed by atoms with E-state index in [1.54, 1.807) is 13.8 Å². The van der Waals surface area contributed by atoms with E-state index in [1.165, 1.54) is 6.92 Å². The van der Waals surface area contributed by atoms with Crippen molar-refractivity contribution >= 4 is 16.8 Å². The Kier molecular flexibility index (Phi) is 4.40. The summed E-state index contributed by atoms with van der Waals surface area (Å²) in [5.74, 6) is -0.900. The number of rotatable bonds is 3. The molecule has 1 N–H and O–H groups in total. The molecule has 0 atom stereocenters. The Hall–Kier alpha value is -3.33. The number of hydrogen-bond donors (Lipinski definition) is 1. The minimum Gasteiger partial charge on any atom is -0.494 e. The molecule has 0 aliphatic carbocycles. The van der Waals surface area contributed by atoms with Crippen LogP contribution in [0.3, 0.4) is 0 Å². The summed E-state index contributed by atoms with van der Waals surface area (Å²) in [5.41, 5.74) is 2.67. The molecule has 6 nitrogen and oxygen atoms in total. The van der Waals surface area contributed by atoms with E-state index in [1.807, 2.05) is 32.0 Å². The van der Waals surface area contributed by atoms with Gasteiger partial charge >= 0.3 is 0 Å². The van der Waals surface area contributed by atoms with Gasteiger partial charge in [0.1, 0.15) is 17.2 Å². The number of carbonyl (C=O) groups is 1. The number of nitrogens with zero attached hydrogens (tertiary/aromatic N) is 2. The van der Waals surface area contributed by atoms with E-state index in [4.69, 9.17) is 4.42 Å². The van der Waals surface area contributed by atoms with Crippen LogP contribution >= 0.6 is 0 Å². The molecule has 0 aliphatic heterocycles. The van der Waals surface area contributed by atoms with Crippen LogP contribution in [0, 0.1) is 39.0 Å². The molecular formula is C21H20N2O4. The third kappa shape index (κ3) is 2.63. The molecule has 3 aromatic rings. The van der Waals surface area contributed by atoms with Gasteiger partial charge in [-0.2, -0.15) is 5.26 Å². The fourth-order valence-corrected chi connectivity index (χ4v) is 3.32. The van der Waals surface area contributed by atoms with Crippen molar-refractivity contribution in [3.05, 3.63) is 61.6 Å². The van der Waals surface area contributed by atoms with Crippen LogP contribution in [0.5, 0.6) is 5.88 Å². The zero-order valence-corrected chi connectivity index (χ0v) is 15.9. The number of aromatic hydroxyl groups is 1. The number of carbonyl (C=O) groups excluding carboxylic acids is 1. The first-order chi connectivity index (χ1) is 12.7. The highest BCUT2D eigenvalue weighted by Gasteiger charge is 2.28. The summed E-state index contributed by atoms with van der Waals surface area (Å²) in [7, 11) is 0. The van der Waals surface area contributed by atoms with Gasteiger partial charge in [-0.05, 0) is 63.4 Å². The van der Waals surface area contributed by atoms with Gasteiger partial charge in [-0.15, -0.1) is 0 Å². The van der Waals surface area contributed by atoms with Crippen molar-refractivity contribution in [2.75, 3.05) is 0 Å². The highest BCUT2D eigenvalue weighted by Crippen LogP contribution is 2.32. The van der Waals surface area contributed by atoms with E-state index in [9.17, 15) is 20.0 Å². The fraction of sp³-hybridized carbons (Fsp3) is 0.286. The molecule has 0 amide bonds. The lowest BCUT2D eigenvalue weighted by molar-refractivity contribution is 0.101. The second kappa shape index (κ2) is 6.44. The largest absolute Gasteiger partial charge is 0.494 e. The summed E-state index contributed by atoms with van der Waals surface area (Å²) < 4.78 is 6.83. The molecule has 0 fully saturated rings. The van der Waals surface area contributed by atoms with Crippen LogP contribution in [-0.2, 0) is 6.54 Å². The van der Waals surface area contributed by atoms with Crippen LogP contribution in [-0.4, -0.2) is 15.5 Å². The lowest BCUT2D eigenvalue weighted by atomic mass is 9.98. The van der Waals surface area contributed by atoms with Crippen molar-refractivity contribution in [1.29, 1.82) is 5.26 Å². The maximum absolute atomic E-state index is 13.2. The zero-order valence-electron chi connectivity index (χ0n) is 15.9. The number of fused-ring (bicyclic) bond motifs is 1. The number of aryl methyl sites for hydroxylation is 3. The molecule has 27 heavy (non-hydrogen) atoms. The number of benzene rings is 1. The first-order valence-electron chi connectivity index (χ1n) is 8.64. The molecule has 6 heteroatoms. The van der Waals surface area contributed by atoms with E-state index < -0.39 is 17.2 Å². The maximum Gasteiger partial charge on any atom is 0.271 e. The van der Waals surface area contributed by atoms with Crippen LogP contribution in [0.4, 0.5) is 0 Å². The van der Waals surface area contributed by atoms with E-state index in [-0.39, 0.29) is 29.0 Å². The molecule has 0 aliphatic rings. The summed E-state index contributed by atoms with van der Waals surface area (Å²) >= 11 is 0. The van der Waals surface area contributed by atoms with Crippen molar-refractivity contribution in [2.45, 2.75) is 41.2 Å². The standard InChI is InChI=1S/C21H20N2O4/c1-6-23-20(25)15(9-22)12(4)17(21(23)26)18(24)19-13(5)14-7-10(2)11(3)8-16(14)27-19/h7-8,26H,6H2,1-5H3. The monoisotopic (exact) mass is 364 g/mol. The van der Waals surface area contributed by atoms with Crippen molar-refractivity contribution in [1.82, 2.24) is 4.57 Å². The number of pyridine rings is 1. The van der Waals surface area contributed by atoms with Crippen LogP contribution in [0.15, 0.2) is 21.3 Å². The van der Waals surface area contributed by atoms with Gasteiger partial charge in [0.15, 0.2) is 5.76 Å². The molecule has 1 aromatic carbocycles. The Morgan fingerprint density at radius 1 is 1.19 bits per heavy atom. The van der Waals surface area contributed by atoms with Gasteiger partial charge in [0, 0.05) is 17.5 Å². The fourth-order valence-electron chi connectivity index (χ4n) is 3.32. The SMILES string of the molecule is CCn1c(O)c(C(=O)c2oc3cc(C)c(C)cc3c2C)c(C)c(C#N)c1=O. The Labute approximate surface area is 156 Å². The van der Waals surface area contributed by atoms with Gasteiger partial charge in [-0.25, -0.2) is 0 Å². The summed E-state index contributed by atoms with van der Waals surface area (Å²) in [4.78, 5) is 25.5. The third-order valence-corrected chi connectivity index (χ3v) is 5.10. The van der Waals surface area contributed by atoms with E-state index in [0.29, 0.717) is 11.1 Å². The van der Waals surface area contributed by atoms with Crippen LogP contribution in [0.1, 0.15) is 50.9 Å². The number of nitriles is 1. The topological polar surface area (TPSA) is 96.2 Å². The molecule has 3 rings (SSSR count). The van der Waals surface area contributed by atoms with Crippen molar-refractivity contribution in [3.8, 4) is 11.9 Å². The Morgan fingerprint density at radius 3 is 2.41 bits per heavy atom. The lowest BCUT2D eigenvalue weighted by Crippen LogP contribution is -2.26. The minimum absolute atomic E-state index is 0.0800. The average Bonchev–Trinajstić information content (AvgIpc) is 2.92. The second-order valence-electron chi connectivity index (χ2n) is 6.68. The normalized spacial score (nSPS) is 11.0. The molecule has 138 valence electrons. The Balaban J connectivity index is 2.32. The van der Waals surface area contributed by atoms with E-state index in [0.717, 1.165) is 21.1 Å². The maximum atomic E-state index is 13.2. The highest BCUT2D eigenvalue weighted by molar-refractivity contribution is 6.12. The molecule has 2 heterocycles. The van der Waals surface area contributed by atoms with Gasteiger partial charge in [0.05, 0.1) is 5.56 Å². The van der Waals surface area contributed by atoms with E-state index in [2.05, 4.69) is 0 Å². The molecule has 2 aromatic heterocycles. The zero-order chi connectivity index (χ0) is 20.0. The van der Waals surface area contributed by atoms with Crippen molar-refractivity contribution in [2.24, 2.45) is 0 Å². The van der Waals surface area contributed by atoms with Crippen LogP contribution in [0.25, 0.3) is 11.0 Å². The summed E-state index contributed by atoms with van der Waals surface area (Å²) in [6, 6.07) is 5.67. The lowest BCUT2D eigenvalue weighted by Gasteiger charge is -2.13. The molecular weight excluding hydrogens is 344 g/mol. The number of hydrogen-bond acceptors (Lipinski definition) is 5. The van der Waals surface area contributed by atoms with Crippen molar-refractivity contribution < 1.29 is 14.3 Å². The quantitative estimate of drug-likeness (QED) is 0.716. The Morgan fingerprint density at radius 2 is 1.81 bits per heavy atom. The molecule has 0 unspecified atom stereocenters. The molecule has 0 bridgehead atoms. The van der Waals surface area contributed by atoms with Gasteiger partial charge in [0.25, 0.3) is 5.56 Å². The molecule has 0 saturated carbocycles. The number of ketones is 1. The van der Waals surface area contributed by atoms with Crippen LogP contribution < -0.4 is 5.56 Å². The average molecular weight is 364 g/mol. The van der Waals surface area contributed by atoms with Crippen molar-refractivity contribution in [3.63, 3.8) is 0 Å². The number of furan rings is 1. The first-order valence-corrected chi connectivity index (χ1v) is 8.64. The number of aromatic nitrogens is 1. The third-order valence-electron chi connectivity index (χ3n) is 5.10. The van der Waals surface area contributed by atoms with E-state index >= 15 is 0 Å². The molecule has 0 radical (unpaired) electrons. The molecule has 0 spiro atoms. The van der Waals surface area contributed by atoms with Gasteiger partial charge in [-0.1, -0.05) is 0 Å². The van der Waals surface area contributed by atoms with Crippen LogP contribution in [0.2, 0.25) is 0 Å². The summed E-state index contributed by atoms with van der Waals surface area (Å²) in [6.07, 6.45) is 0. The summed E-state index contributed by atoms with van der Waals surface area (Å²) in [5, 5.41) is 20.7. The first kappa shape index (κ1) is 18.5. The highest BCUT2D eigenvalue weighted by atomic mass is 16.3.